The van der Waals surface area contributed by atoms with Gasteiger partial charge in [0, 0.05) is 20.1 Å². The van der Waals surface area contributed by atoms with Crippen LogP contribution >= 0.6 is 11.8 Å². The summed E-state index contributed by atoms with van der Waals surface area (Å²) < 4.78 is 19.4. The van der Waals surface area contributed by atoms with Crippen LogP contribution in [0.25, 0.3) is 0 Å². The number of carbonyl (C=O) groups is 1. The molecule has 1 aliphatic rings. The van der Waals surface area contributed by atoms with Crippen molar-refractivity contribution >= 4 is 17.7 Å². The summed E-state index contributed by atoms with van der Waals surface area (Å²) in [6.07, 6.45) is 4.88. The lowest BCUT2D eigenvalue weighted by Crippen LogP contribution is -2.40. The molecule has 1 aromatic carbocycles. The van der Waals surface area contributed by atoms with E-state index >= 15 is 0 Å². The fourth-order valence-electron chi connectivity index (χ4n) is 3.74. The molecule has 1 amide bonds. The van der Waals surface area contributed by atoms with Crippen molar-refractivity contribution in [1.82, 2.24) is 9.80 Å². The normalized spacial score (nSPS) is 15.7. The van der Waals surface area contributed by atoms with Gasteiger partial charge in [0.05, 0.1) is 5.75 Å². The zero-order valence-corrected chi connectivity index (χ0v) is 17.5. The summed E-state index contributed by atoms with van der Waals surface area (Å²) in [5, 5.41) is 0. The fourth-order valence-corrected chi connectivity index (χ4v) is 4.18. The van der Waals surface area contributed by atoms with E-state index in [1.807, 2.05) is 31.5 Å². The van der Waals surface area contributed by atoms with Gasteiger partial charge in [-0.15, -0.1) is 0 Å². The third-order valence-corrected chi connectivity index (χ3v) is 5.97. The molecule has 0 aliphatic carbocycles. The minimum atomic E-state index is -0.115. The highest BCUT2D eigenvalue weighted by molar-refractivity contribution is 7.97. The molecule has 1 aliphatic heterocycles. The molecule has 2 heterocycles. The van der Waals surface area contributed by atoms with E-state index in [-0.39, 0.29) is 11.7 Å². The first kappa shape index (κ1) is 20.9. The predicted molar refractivity (Wildman–Crippen MR) is 112 cm³/mol. The summed E-state index contributed by atoms with van der Waals surface area (Å²) in [7, 11) is 1.85. The molecule has 152 valence electrons. The van der Waals surface area contributed by atoms with Crippen molar-refractivity contribution in [3.05, 3.63) is 59.3 Å². The number of carbonyl (C=O) groups excluding carboxylic acids is 1. The largest absolute Gasteiger partial charge is 0.455 e. The van der Waals surface area contributed by atoms with Crippen LogP contribution in [0, 0.1) is 11.7 Å². The van der Waals surface area contributed by atoms with Gasteiger partial charge in [-0.3, -0.25) is 4.79 Å². The van der Waals surface area contributed by atoms with Crippen LogP contribution in [0.5, 0.6) is 0 Å². The number of rotatable bonds is 8. The summed E-state index contributed by atoms with van der Waals surface area (Å²) in [6, 6.07) is 10.7. The van der Waals surface area contributed by atoms with Gasteiger partial charge in [0.1, 0.15) is 11.6 Å². The van der Waals surface area contributed by atoms with Gasteiger partial charge in [-0.25, -0.2) is 4.39 Å². The first-order valence-corrected chi connectivity index (χ1v) is 11.2. The number of likely N-dealkylation sites (tertiary alicyclic amines) is 1. The zero-order chi connectivity index (χ0) is 19.9. The van der Waals surface area contributed by atoms with Crippen LogP contribution in [0.1, 0.15) is 34.7 Å². The number of piperidine rings is 1. The van der Waals surface area contributed by atoms with Crippen molar-refractivity contribution in [2.45, 2.75) is 25.0 Å². The van der Waals surface area contributed by atoms with E-state index in [9.17, 15) is 9.18 Å². The molecule has 4 nitrogen and oxygen atoms in total. The highest BCUT2D eigenvalue weighted by Gasteiger charge is 2.23. The number of thioether (sulfide) groups is 1. The monoisotopic (exact) mass is 404 g/mol. The van der Waals surface area contributed by atoms with E-state index in [0.717, 1.165) is 62.5 Å². The van der Waals surface area contributed by atoms with Gasteiger partial charge in [0.25, 0.3) is 5.91 Å². The average molecular weight is 405 g/mol. The highest BCUT2D eigenvalue weighted by Crippen LogP contribution is 2.21. The maximum absolute atomic E-state index is 13.7. The van der Waals surface area contributed by atoms with Crippen LogP contribution in [0.3, 0.4) is 0 Å². The van der Waals surface area contributed by atoms with E-state index in [0.29, 0.717) is 11.7 Å². The molecule has 0 unspecified atom stereocenters. The summed E-state index contributed by atoms with van der Waals surface area (Å²) >= 11 is 1.68. The molecule has 6 heteroatoms. The Morgan fingerprint density at radius 2 is 2.00 bits per heavy atom. The maximum atomic E-state index is 13.7. The lowest BCUT2D eigenvalue weighted by atomic mass is 9.96. The van der Waals surface area contributed by atoms with Crippen molar-refractivity contribution in [3.8, 4) is 0 Å². The Labute approximate surface area is 171 Å². The predicted octanol–water partition coefficient (Wildman–Crippen LogP) is 4.31. The Bertz CT molecular complexity index is 771. The Morgan fingerprint density at radius 3 is 2.71 bits per heavy atom. The van der Waals surface area contributed by atoms with E-state index in [1.54, 1.807) is 28.8 Å². The SMILES string of the molecule is CSCc1ccc(C(=O)N(C)CC2CCN(CCc3ccccc3F)CC2)o1. The van der Waals surface area contributed by atoms with Crippen LogP contribution in [0.2, 0.25) is 0 Å². The number of halogens is 1. The molecule has 2 aromatic rings. The molecule has 3 rings (SSSR count). The van der Waals surface area contributed by atoms with Crippen molar-refractivity contribution in [2.24, 2.45) is 5.92 Å². The molecule has 0 saturated carbocycles. The van der Waals surface area contributed by atoms with Gasteiger partial charge in [-0.1, -0.05) is 18.2 Å². The minimum absolute atomic E-state index is 0.0469. The lowest BCUT2D eigenvalue weighted by Gasteiger charge is -2.33. The first-order chi connectivity index (χ1) is 13.6. The van der Waals surface area contributed by atoms with Crippen LogP contribution < -0.4 is 0 Å². The van der Waals surface area contributed by atoms with Crippen LogP contribution in [0.15, 0.2) is 40.8 Å². The zero-order valence-electron chi connectivity index (χ0n) is 16.7. The number of nitrogens with zero attached hydrogens (tertiary/aromatic N) is 2. The van der Waals surface area contributed by atoms with E-state index in [1.165, 1.54) is 6.07 Å². The van der Waals surface area contributed by atoms with Crippen molar-refractivity contribution in [3.63, 3.8) is 0 Å². The second kappa shape index (κ2) is 10.1. The summed E-state index contributed by atoms with van der Waals surface area (Å²) in [5.41, 5.74) is 0.786. The fraction of sp³-hybridized carbons (Fsp3) is 0.500. The molecule has 0 atom stereocenters. The van der Waals surface area contributed by atoms with Gasteiger partial charge in [-0.05, 0) is 68.3 Å². The minimum Gasteiger partial charge on any atom is -0.455 e. The van der Waals surface area contributed by atoms with Gasteiger partial charge in [0.15, 0.2) is 5.76 Å². The van der Waals surface area contributed by atoms with Gasteiger partial charge in [-0.2, -0.15) is 11.8 Å². The lowest BCUT2D eigenvalue weighted by molar-refractivity contribution is 0.0708. The van der Waals surface area contributed by atoms with Crippen LogP contribution in [0.4, 0.5) is 4.39 Å². The number of amides is 1. The van der Waals surface area contributed by atoms with Gasteiger partial charge < -0.3 is 14.2 Å². The summed E-state index contributed by atoms with van der Waals surface area (Å²) in [6.45, 7) is 3.63. The number of hydrogen-bond donors (Lipinski definition) is 0. The first-order valence-electron chi connectivity index (χ1n) is 9.85. The molecule has 0 bridgehead atoms. The molecular weight excluding hydrogens is 375 g/mol. The van der Waals surface area contributed by atoms with Crippen LogP contribution in [-0.2, 0) is 12.2 Å². The molecule has 1 saturated heterocycles. The van der Waals surface area contributed by atoms with E-state index < -0.39 is 0 Å². The number of hydrogen-bond acceptors (Lipinski definition) is 4. The summed E-state index contributed by atoms with van der Waals surface area (Å²) in [5.74, 6) is 2.38. The quantitative estimate of drug-likeness (QED) is 0.657. The molecular formula is C22H29FN2O2S. The van der Waals surface area contributed by atoms with Crippen molar-refractivity contribution in [1.29, 1.82) is 0 Å². The van der Waals surface area contributed by atoms with Gasteiger partial charge in [0.2, 0.25) is 0 Å². The van der Waals surface area contributed by atoms with Crippen molar-refractivity contribution < 1.29 is 13.6 Å². The molecule has 28 heavy (non-hydrogen) atoms. The molecule has 0 radical (unpaired) electrons. The Kier molecular flexibility index (Phi) is 7.57. The molecule has 0 N–H and O–H groups in total. The van der Waals surface area contributed by atoms with E-state index in [4.69, 9.17) is 4.42 Å². The average Bonchev–Trinajstić information content (AvgIpc) is 3.17. The van der Waals surface area contributed by atoms with E-state index in [2.05, 4.69) is 4.90 Å². The topological polar surface area (TPSA) is 36.7 Å². The third kappa shape index (κ3) is 5.61. The Balaban J connectivity index is 1.42. The second-order valence-electron chi connectivity index (χ2n) is 7.51. The standard InChI is InChI=1S/C22H29FN2O2S/c1-24(22(26)21-8-7-19(27-21)16-28-2)15-17-9-12-25(13-10-17)14-11-18-5-3-4-6-20(18)23/h3-8,17H,9-16H2,1-2H3. The number of furan rings is 1. The van der Waals surface area contributed by atoms with Gasteiger partial charge >= 0.3 is 0 Å². The smallest absolute Gasteiger partial charge is 0.289 e. The van der Waals surface area contributed by atoms with Crippen molar-refractivity contribution in [2.75, 3.05) is 39.5 Å². The third-order valence-electron chi connectivity index (χ3n) is 5.40. The summed E-state index contributed by atoms with van der Waals surface area (Å²) in [4.78, 5) is 16.7. The Morgan fingerprint density at radius 1 is 1.25 bits per heavy atom. The number of benzene rings is 1. The highest BCUT2D eigenvalue weighted by atomic mass is 32.2. The second-order valence-corrected chi connectivity index (χ2v) is 8.38. The molecule has 0 spiro atoms. The Hall–Kier alpha value is -1.79. The van der Waals surface area contributed by atoms with Crippen LogP contribution in [-0.4, -0.2) is 55.2 Å². The molecule has 1 fully saturated rings. The molecule has 1 aromatic heterocycles. The maximum Gasteiger partial charge on any atom is 0.289 e.